The van der Waals surface area contributed by atoms with Gasteiger partial charge in [-0.05, 0) is 24.3 Å². The van der Waals surface area contributed by atoms with E-state index in [0.29, 0.717) is 17.4 Å². The molecular weight excluding hydrogens is 274 g/mol. The summed E-state index contributed by atoms with van der Waals surface area (Å²) in [7, 11) is -3.62. The van der Waals surface area contributed by atoms with Gasteiger partial charge >= 0.3 is 0 Å². The van der Waals surface area contributed by atoms with Crippen molar-refractivity contribution >= 4 is 38.7 Å². The molecule has 1 heterocycles. The lowest BCUT2D eigenvalue weighted by Gasteiger charge is -2.06. The molecule has 0 aromatic heterocycles. The van der Waals surface area contributed by atoms with Crippen LogP contribution in [0.3, 0.4) is 0 Å². The van der Waals surface area contributed by atoms with Gasteiger partial charge in [0.2, 0.25) is 6.08 Å². The maximum absolute atomic E-state index is 11.9. The molecule has 94 valence electrons. The fourth-order valence-electron chi connectivity index (χ4n) is 1.32. The molecule has 0 aliphatic carbocycles. The molecule has 0 saturated carbocycles. The Morgan fingerprint density at radius 2 is 2.06 bits per heavy atom. The van der Waals surface area contributed by atoms with Crippen molar-refractivity contribution in [3.05, 3.63) is 24.3 Å². The van der Waals surface area contributed by atoms with Gasteiger partial charge in [0.1, 0.15) is 0 Å². The van der Waals surface area contributed by atoms with E-state index in [2.05, 4.69) is 14.7 Å². The topological polar surface area (TPSA) is 88.0 Å². The van der Waals surface area contributed by atoms with E-state index in [1.165, 1.54) is 42.1 Å². The SMILES string of the molecule is O=C=Nc1ccc(S(=O)(=O)NC2=NCCS2)cc1. The van der Waals surface area contributed by atoms with Crippen LogP contribution in [0.4, 0.5) is 5.69 Å². The number of carbonyl (C=O) groups excluding carboxylic acids is 1. The Morgan fingerprint density at radius 1 is 1.33 bits per heavy atom. The Kier molecular flexibility index (Phi) is 3.81. The van der Waals surface area contributed by atoms with Gasteiger partial charge in [-0.25, -0.2) is 13.2 Å². The highest BCUT2D eigenvalue weighted by molar-refractivity contribution is 8.15. The Bertz CT molecular complexity index is 616. The van der Waals surface area contributed by atoms with Crippen LogP contribution >= 0.6 is 11.8 Å². The molecule has 0 bridgehead atoms. The molecule has 1 N–H and O–H groups in total. The maximum atomic E-state index is 11.9. The zero-order chi connectivity index (χ0) is 13.0. The molecule has 1 aliphatic rings. The number of hydrogen-bond acceptors (Lipinski definition) is 6. The quantitative estimate of drug-likeness (QED) is 0.663. The number of nitrogens with zero attached hydrogens (tertiary/aromatic N) is 2. The average molecular weight is 283 g/mol. The van der Waals surface area contributed by atoms with Gasteiger partial charge in [0.15, 0.2) is 5.17 Å². The summed E-state index contributed by atoms with van der Waals surface area (Å²) in [5.74, 6) is 0.783. The molecule has 1 aliphatic heterocycles. The van der Waals surface area contributed by atoms with E-state index in [9.17, 15) is 13.2 Å². The number of nitrogens with one attached hydrogen (secondary N) is 1. The van der Waals surface area contributed by atoms with E-state index < -0.39 is 10.0 Å². The van der Waals surface area contributed by atoms with Gasteiger partial charge in [-0.2, -0.15) is 4.99 Å². The van der Waals surface area contributed by atoms with E-state index in [4.69, 9.17) is 0 Å². The number of amidine groups is 1. The van der Waals surface area contributed by atoms with Gasteiger partial charge in [0.25, 0.3) is 10.0 Å². The van der Waals surface area contributed by atoms with Crippen LogP contribution in [0, 0.1) is 0 Å². The highest BCUT2D eigenvalue weighted by atomic mass is 32.2. The minimum Gasteiger partial charge on any atom is -0.261 e. The molecular formula is C10H9N3O3S2. The van der Waals surface area contributed by atoms with Crippen molar-refractivity contribution in [3.63, 3.8) is 0 Å². The first-order valence-corrected chi connectivity index (χ1v) is 7.47. The average Bonchev–Trinajstić information content (AvgIpc) is 2.82. The van der Waals surface area contributed by atoms with E-state index in [1.807, 2.05) is 0 Å². The van der Waals surface area contributed by atoms with Crippen LogP contribution in [0.1, 0.15) is 0 Å². The van der Waals surface area contributed by atoms with Crippen LogP contribution in [0.5, 0.6) is 0 Å². The van der Waals surface area contributed by atoms with Crippen LogP contribution in [-0.4, -0.2) is 32.0 Å². The lowest BCUT2D eigenvalue weighted by atomic mass is 10.3. The highest BCUT2D eigenvalue weighted by Crippen LogP contribution is 2.17. The summed E-state index contributed by atoms with van der Waals surface area (Å²) in [6.45, 7) is 0.621. The third-order valence-corrected chi connectivity index (χ3v) is 4.50. The van der Waals surface area contributed by atoms with Gasteiger partial charge in [-0.3, -0.25) is 9.71 Å². The third kappa shape index (κ3) is 2.98. The van der Waals surface area contributed by atoms with Crippen molar-refractivity contribution in [2.45, 2.75) is 4.90 Å². The fraction of sp³-hybridized carbons (Fsp3) is 0.200. The first-order chi connectivity index (χ1) is 8.62. The van der Waals surface area contributed by atoms with Crippen LogP contribution in [-0.2, 0) is 14.8 Å². The molecule has 2 rings (SSSR count). The molecule has 6 nitrogen and oxygen atoms in total. The second-order valence-electron chi connectivity index (χ2n) is 3.34. The fourth-order valence-corrected chi connectivity index (χ4v) is 3.35. The summed E-state index contributed by atoms with van der Waals surface area (Å²) in [5.41, 5.74) is 0.358. The first-order valence-electron chi connectivity index (χ1n) is 5.00. The number of sulfonamides is 1. The van der Waals surface area contributed by atoms with Crippen molar-refractivity contribution in [2.75, 3.05) is 12.3 Å². The van der Waals surface area contributed by atoms with Gasteiger partial charge in [0, 0.05) is 5.75 Å². The first kappa shape index (κ1) is 12.8. The van der Waals surface area contributed by atoms with Crippen molar-refractivity contribution in [3.8, 4) is 0 Å². The summed E-state index contributed by atoms with van der Waals surface area (Å²) < 4.78 is 26.3. The monoisotopic (exact) mass is 283 g/mol. The van der Waals surface area contributed by atoms with Gasteiger partial charge in [-0.1, -0.05) is 11.8 Å². The van der Waals surface area contributed by atoms with Crippen LogP contribution in [0.2, 0.25) is 0 Å². The maximum Gasteiger partial charge on any atom is 0.263 e. The molecule has 0 saturated heterocycles. The zero-order valence-electron chi connectivity index (χ0n) is 9.16. The van der Waals surface area contributed by atoms with Crippen LogP contribution in [0.15, 0.2) is 39.1 Å². The number of benzene rings is 1. The van der Waals surface area contributed by atoms with Gasteiger partial charge in [-0.15, -0.1) is 0 Å². The summed E-state index contributed by atoms with van der Waals surface area (Å²) in [6.07, 6.45) is 1.39. The summed E-state index contributed by atoms with van der Waals surface area (Å²) in [5, 5.41) is 0.407. The van der Waals surface area contributed by atoms with E-state index in [0.717, 1.165) is 5.75 Å². The Balaban J connectivity index is 2.21. The van der Waals surface area contributed by atoms with E-state index in [-0.39, 0.29) is 4.90 Å². The van der Waals surface area contributed by atoms with E-state index >= 15 is 0 Å². The Hall–Kier alpha value is -1.63. The van der Waals surface area contributed by atoms with Crippen molar-refractivity contribution in [1.29, 1.82) is 0 Å². The lowest BCUT2D eigenvalue weighted by molar-refractivity contribution is 0.565. The number of aliphatic imine (C=N–C) groups is 2. The van der Waals surface area contributed by atoms with Crippen molar-refractivity contribution < 1.29 is 13.2 Å². The largest absolute Gasteiger partial charge is 0.263 e. The number of hydrogen-bond donors (Lipinski definition) is 1. The second kappa shape index (κ2) is 5.34. The molecule has 0 spiro atoms. The van der Waals surface area contributed by atoms with E-state index in [1.54, 1.807) is 0 Å². The van der Waals surface area contributed by atoms with Gasteiger partial charge < -0.3 is 0 Å². The summed E-state index contributed by atoms with van der Waals surface area (Å²) in [4.78, 5) is 17.5. The second-order valence-corrected chi connectivity index (χ2v) is 6.10. The Labute approximate surface area is 108 Å². The van der Waals surface area contributed by atoms with Crippen molar-refractivity contribution in [2.24, 2.45) is 9.98 Å². The number of rotatable bonds is 3. The molecule has 0 amide bonds. The molecule has 1 aromatic rings. The summed E-state index contributed by atoms with van der Waals surface area (Å²) in [6, 6.07) is 5.61. The molecule has 0 radical (unpaired) electrons. The van der Waals surface area contributed by atoms with Gasteiger partial charge in [0.05, 0.1) is 17.1 Å². The summed E-state index contributed by atoms with van der Waals surface area (Å²) >= 11 is 1.37. The normalized spacial score (nSPS) is 14.8. The minimum atomic E-state index is -3.62. The molecule has 0 unspecified atom stereocenters. The third-order valence-electron chi connectivity index (χ3n) is 2.13. The predicted octanol–water partition coefficient (Wildman–Crippen LogP) is 1.04. The highest BCUT2D eigenvalue weighted by Gasteiger charge is 2.18. The molecule has 8 heteroatoms. The molecule has 18 heavy (non-hydrogen) atoms. The number of isocyanates is 1. The van der Waals surface area contributed by atoms with Crippen LogP contribution in [0.25, 0.3) is 0 Å². The van der Waals surface area contributed by atoms with Crippen molar-refractivity contribution in [1.82, 2.24) is 4.72 Å². The Morgan fingerprint density at radius 3 is 2.61 bits per heavy atom. The number of thioether (sulfide) groups is 1. The molecule has 0 atom stereocenters. The zero-order valence-corrected chi connectivity index (χ0v) is 10.8. The molecule has 1 aromatic carbocycles. The predicted molar refractivity (Wildman–Crippen MR) is 69.3 cm³/mol. The standard InChI is InChI=1S/C10H9N3O3S2/c14-7-12-8-1-3-9(4-2-8)18(15,16)13-10-11-5-6-17-10/h1-4H,5-6H2,(H,11,13). The lowest BCUT2D eigenvalue weighted by Crippen LogP contribution is -2.27. The smallest absolute Gasteiger partial charge is 0.261 e. The molecule has 0 fully saturated rings. The minimum absolute atomic E-state index is 0.0996. The van der Waals surface area contributed by atoms with Crippen LogP contribution < -0.4 is 4.72 Å².